The van der Waals surface area contributed by atoms with Gasteiger partial charge in [-0.3, -0.25) is 4.72 Å². The lowest BCUT2D eigenvalue weighted by atomic mass is 10.1. The minimum Gasteiger partial charge on any atom is -0.384 e. The summed E-state index contributed by atoms with van der Waals surface area (Å²) in [7, 11) is -3.62. The summed E-state index contributed by atoms with van der Waals surface area (Å²) in [6, 6.07) is 5.22. The van der Waals surface area contributed by atoms with E-state index >= 15 is 0 Å². The van der Waals surface area contributed by atoms with Gasteiger partial charge in [-0.1, -0.05) is 31.8 Å². The first-order valence-electron chi connectivity index (χ1n) is 6.32. The maximum atomic E-state index is 11.9. The standard InChI is InChI=1S/C14H20N2O3S/c1-11(2)10-15-20(18,19)16-14-7-6-12(3)9-13(14)5-4-8-17/h6-7,9,11,15-17H,8,10H2,1-3H3. The Labute approximate surface area is 120 Å². The fourth-order valence-corrected chi connectivity index (χ4v) is 2.53. The van der Waals surface area contributed by atoms with Crippen LogP contribution in [0.5, 0.6) is 0 Å². The van der Waals surface area contributed by atoms with Crippen LogP contribution in [0.4, 0.5) is 5.69 Å². The summed E-state index contributed by atoms with van der Waals surface area (Å²) in [5.74, 6) is 5.48. The van der Waals surface area contributed by atoms with Crippen LogP contribution in [0.2, 0.25) is 0 Å². The van der Waals surface area contributed by atoms with Gasteiger partial charge in [0.25, 0.3) is 10.2 Å². The molecule has 0 aromatic heterocycles. The van der Waals surface area contributed by atoms with Crippen LogP contribution in [0.1, 0.15) is 25.0 Å². The molecule has 0 atom stereocenters. The third kappa shape index (κ3) is 5.61. The maximum absolute atomic E-state index is 11.9. The number of nitrogens with one attached hydrogen (secondary N) is 2. The van der Waals surface area contributed by atoms with Crippen molar-refractivity contribution >= 4 is 15.9 Å². The van der Waals surface area contributed by atoms with Crippen LogP contribution in [0.15, 0.2) is 18.2 Å². The first kappa shape index (κ1) is 16.5. The summed E-state index contributed by atoms with van der Waals surface area (Å²) in [6.07, 6.45) is 0. The molecule has 0 fully saturated rings. The molecule has 0 radical (unpaired) electrons. The second-order valence-electron chi connectivity index (χ2n) is 4.86. The van der Waals surface area contributed by atoms with Gasteiger partial charge in [-0.2, -0.15) is 13.1 Å². The zero-order valence-corrected chi connectivity index (χ0v) is 12.7. The summed E-state index contributed by atoms with van der Waals surface area (Å²) in [5.41, 5.74) is 1.90. The highest BCUT2D eigenvalue weighted by atomic mass is 32.2. The van der Waals surface area contributed by atoms with Crippen molar-refractivity contribution in [2.45, 2.75) is 20.8 Å². The maximum Gasteiger partial charge on any atom is 0.299 e. The molecule has 5 nitrogen and oxygen atoms in total. The Balaban J connectivity index is 2.96. The van der Waals surface area contributed by atoms with Gasteiger partial charge in [0.1, 0.15) is 6.61 Å². The molecule has 0 spiro atoms. The third-order valence-corrected chi connectivity index (χ3v) is 3.44. The zero-order valence-electron chi connectivity index (χ0n) is 11.9. The Morgan fingerprint density at radius 1 is 1.35 bits per heavy atom. The first-order valence-corrected chi connectivity index (χ1v) is 7.80. The molecule has 0 saturated carbocycles. The van der Waals surface area contributed by atoms with Gasteiger partial charge in [-0.05, 0) is 30.5 Å². The Morgan fingerprint density at radius 3 is 2.65 bits per heavy atom. The van der Waals surface area contributed by atoms with Crippen molar-refractivity contribution in [1.82, 2.24) is 4.72 Å². The van der Waals surface area contributed by atoms with E-state index in [9.17, 15) is 8.42 Å². The molecule has 3 N–H and O–H groups in total. The highest BCUT2D eigenvalue weighted by Gasteiger charge is 2.12. The molecule has 0 heterocycles. The minimum absolute atomic E-state index is 0.221. The topological polar surface area (TPSA) is 78.4 Å². The quantitative estimate of drug-likeness (QED) is 0.715. The molecule has 1 rings (SSSR count). The van der Waals surface area contributed by atoms with Gasteiger partial charge < -0.3 is 5.11 Å². The number of rotatable bonds is 5. The summed E-state index contributed by atoms with van der Waals surface area (Å²) >= 11 is 0. The molecular weight excluding hydrogens is 276 g/mol. The van der Waals surface area contributed by atoms with Crippen LogP contribution in [-0.2, 0) is 10.2 Å². The normalized spacial score (nSPS) is 11.1. The summed E-state index contributed by atoms with van der Waals surface area (Å²) in [5, 5.41) is 8.74. The van der Waals surface area contributed by atoms with Gasteiger partial charge >= 0.3 is 0 Å². The summed E-state index contributed by atoms with van der Waals surface area (Å²) in [6.45, 7) is 5.82. The van der Waals surface area contributed by atoms with Gasteiger partial charge in [-0.15, -0.1) is 0 Å². The second-order valence-corrected chi connectivity index (χ2v) is 6.36. The Hall–Kier alpha value is -1.55. The van der Waals surface area contributed by atoms with Crippen molar-refractivity contribution < 1.29 is 13.5 Å². The monoisotopic (exact) mass is 296 g/mol. The molecule has 0 amide bonds. The smallest absolute Gasteiger partial charge is 0.299 e. The Bertz CT molecular complexity index is 613. The molecule has 1 aromatic carbocycles. The number of benzene rings is 1. The molecule has 110 valence electrons. The van der Waals surface area contributed by atoms with Gasteiger partial charge in [0.05, 0.1) is 5.69 Å². The van der Waals surface area contributed by atoms with E-state index in [1.165, 1.54) is 0 Å². The van der Waals surface area contributed by atoms with Crippen molar-refractivity contribution in [3.63, 3.8) is 0 Å². The van der Waals surface area contributed by atoms with Crippen molar-refractivity contribution in [1.29, 1.82) is 0 Å². The predicted octanol–water partition coefficient (Wildman–Crippen LogP) is 1.24. The van der Waals surface area contributed by atoms with Crippen molar-refractivity contribution in [2.24, 2.45) is 5.92 Å². The molecule has 20 heavy (non-hydrogen) atoms. The first-order chi connectivity index (χ1) is 9.34. The van der Waals surface area contributed by atoms with E-state index in [4.69, 9.17) is 5.11 Å². The second kappa shape index (κ2) is 7.29. The van der Waals surface area contributed by atoms with Crippen LogP contribution in [-0.4, -0.2) is 26.7 Å². The highest BCUT2D eigenvalue weighted by molar-refractivity contribution is 7.90. The zero-order chi connectivity index (χ0) is 15.2. The van der Waals surface area contributed by atoms with Crippen LogP contribution >= 0.6 is 0 Å². The molecule has 0 aliphatic carbocycles. The molecule has 6 heteroatoms. The largest absolute Gasteiger partial charge is 0.384 e. The third-order valence-electron chi connectivity index (χ3n) is 2.40. The van der Waals surface area contributed by atoms with Crippen LogP contribution < -0.4 is 9.44 Å². The van der Waals surface area contributed by atoms with Crippen LogP contribution in [0, 0.1) is 24.7 Å². The number of hydrogen-bond donors (Lipinski definition) is 3. The van der Waals surface area contributed by atoms with Gasteiger partial charge in [0.15, 0.2) is 0 Å². The van der Waals surface area contributed by atoms with Gasteiger partial charge in [0.2, 0.25) is 0 Å². The number of anilines is 1. The van der Waals surface area contributed by atoms with E-state index < -0.39 is 10.2 Å². The SMILES string of the molecule is Cc1ccc(NS(=O)(=O)NCC(C)C)c(C#CCO)c1. The number of aliphatic hydroxyl groups is 1. The van der Waals surface area contributed by atoms with E-state index in [2.05, 4.69) is 21.3 Å². The minimum atomic E-state index is -3.62. The van der Waals surface area contributed by atoms with E-state index in [0.29, 0.717) is 17.8 Å². The molecule has 0 aliphatic heterocycles. The van der Waals surface area contributed by atoms with Crippen molar-refractivity contribution in [3.8, 4) is 11.8 Å². The Morgan fingerprint density at radius 2 is 2.05 bits per heavy atom. The van der Waals surface area contributed by atoms with Crippen LogP contribution in [0.3, 0.4) is 0 Å². The fourth-order valence-electron chi connectivity index (χ4n) is 1.44. The molecule has 0 bridgehead atoms. The molecule has 0 aliphatic rings. The number of aliphatic hydroxyl groups excluding tert-OH is 1. The molecule has 0 saturated heterocycles. The predicted molar refractivity (Wildman–Crippen MR) is 80.5 cm³/mol. The lowest BCUT2D eigenvalue weighted by Crippen LogP contribution is -2.33. The van der Waals surface area contributed by atoms with E-state index in [-0.39, 0.29) is 12.5 Å². The number of hydrogen-bond acceptors (Lipinski definition) is 3. The van der Waals surface area contributed by atoms with Gasteiger partial charge in [-0.25, -0.2) is 0 Å². The Kier molecular flexibility index (Phi) is 6.02. The average molecular weight is 296 g/mol. The van der Waals surface area contributed by atoms with Crippen molar-refractivity contribution in [3.05, 3.63) is 29.3 Å². The lowest BCUT2D eigenvalue weighted by Gasteiger charge is -2.12. The fraction of sp³-hybridized carbons (Fsp3) is 0.429. The average Bonchev–Trinajstić information content (AvgIpc) is 2.37. The molecule has 1 aromatic rings. The molecule has 0 unspecified atom stereocenters. The number of aryl methyl sites for hydroxylation is 1. The summed E-state index contributed by atoms with van der Waals surface area (Å²) in [4.78, 5) is 0. The van der Waals surface area contributed by atoms with Gasteiger partial charge in [0, 0.05) is 12.1 Å². The van der Waals surface area contributed by atoms with E-state index in [1.54, 1.807) is 18.2 Å². The highest BCUT2D eigenvalue weighted by Crippen LogP contribution is 2.17. The molecular formula is C14H20N2O3S. The van der Waals surface area contributed by atoms with E-state index in [1.807, 2.05) is 20.8 Å². The van der Waals surface area contributed by atoms with Crippen LogP contribution in [0.25, 0.3) is 0 Å². The van der Waals surface area contributed by atoms with Crippen molar-refractivity contribution in [2.75, 3.05) is 17.9 Å². The summed E-state index contributed by atoms with van der Waals surface area (Å²) < 4.78 is 28.7. The lowest BCUT2D eigenvalue weighted by molar-refractivity contribution is 0.350. The van der Waals surface area contributed by atoms with E-state index in [0.717, 1.165) is 5.56 Å².